The van der Waals surface area contributed by atoms with Crippen molar-refractivity contribution in [3.8, 4) is 0 Å². The molecule has 23 heavy (non-hydrogen) atoms. The second-order valence-electron chi connectivity index (χ2n) is 6.14. The van der Waals surface area contributed by atoms with Crippen LogP contribution in [0.3, 0.4) is 0 Å². The van der Waals surface area contributed by atoms with Crippen molar-refractivity contribution in [1.82, 2.24) is 15.3 Å². The van der Waals surface area contributed by atoms with Crippen molar-refractivity contribution in [2.24, 2.45) is 0 Å². The topological polar surface area (TPSA) is 66.9 Å². The molecule has 2 aromatic rings. The van der Waals surface area contributed by atoms with Crippen LogP contribution in [0.5, 0.6) is 0 Å². The molecule has 5 nitrogen and oxygen atoms in total. The molecule has 1 heterocycles. The van der Waals surface area contributed by atoms with Crippen LogP contribution in [0.1, 0.15) is 37.0 Å². The lowest BCUT2D eigenvalue weighted by atomic mass is 10.1. The number of benzene rings is 1. The van der Waals surface area contributed by atoms with E-state index in [1.54, 1.807) is 31.2 Å². The van der Waals surface area contributed by atoms with Crippen LogP contribution in [-0.2, 0) is 0 Å². The number of anilines is 2. The van der Waals surface area contributed by atoms with Crippen LogP contribution >= 0.6 is 23.2 Å². The fraction of sp³-hybridized carbons (Fsp3) is 0.312. The summed E-state index contributed by atoms with van der Waals surface area (Å²) in [7, 11) is 0. The van der Waals surface area contributed by atoms with Gasteiger partial charge in [-0.1, -0.05) is 29.3 Å². The summed E-state index contributed by atoms with van der Waals surface area (Å²) in [6, 6.07) is 6.78. The fourth-order valence-electron chi connectivity index (χ4n) is 1.87. The quantitative estimate of drug-likeness (QED) is 0.860. The van der Waals surface area contributed by atoms with Crippen molar-refractivity contribution >= 4 is 40.7 Å². The molecule has 0 spiro atoms. The maximum Gasteiger partial charge on any atom is 0.270 e. The van der Waals surface area contributed by atoms with Gasteiger partial charge in [-0.05, 0) is 45.9 Å². The van der Waals surface area contributed by atoms with Gasteiger partial charge in [0.15, 0.2) is 0 Å². The fourth-order valence-corrected chi connectivity index (χ4v) is 2.37. The third kappa shape index (κ3) is 4.81. The van der Waals surface area contributed by atoms with Gasteiger partial charge in [-0.2, -0.15) is 0 Å². The van der Waals surface area contributed by atoms with Crippen molar-refractivity contribution in [3.05, 3.63) is 45.7 Å². The Morgan fingerprint density at radius 3 is 2.30 bits per heavy atom. The first-order chi connectivity index (χ1) is 10.7. The number of hydrogen-bond donors (Lipinski definition) is 2. The van der Waals surface area contributed by atoms with Crippen molar-refractivity contribution in [1.29, 1.82) is 0 Å². The SMILES string of the molecule is Cc1cc(C(=O)NC(C)(C)C)nc(Nc2c(Cl)cccc2Cl)n1. The molecule has 0 unspecified atom stereocenters. The van der Waals surface area contributed by atoms with Gasteiger partial charge in [0.1, 0.15) is 5.69 Å². The molecule has 122 valence electrons. The van der Waals surface area contributed by atoms with Crippen LogP contribution in [0.2, 0.25) is 10.0 Å². The number of carbonyl (C=O) groups is 1. The Labute approximate surface area is 145 Å². The standard InChI is InChI=1S/C16H18Cl2N4O/c1-9-8-12(14(23)22-16(2,3)4)20-15(19-9)21-13-10(17)6-5-7-11(13)18/h5-8H,1-4H3,(H,22,23)(H,19,20,21). The molecule has 0 bridgehead atoms. The van der Waals surface area contributed by atoms with Gasteiger partial charge in [-0.3, -0.25) is 4.79 Å². The molecule has 0 saturated heterocycles. The lowest BCUT2D eigenvalue weighted by Crippen LogP contribution is -2.41. The first-order valence-electron chi connectivity index (χ1n) is 7.05. The average Bonchev–Trinajstić information content (AvgIpc) is 2.40. The highest BCUT2D eigenvalue weighted by atomic mass is 35.5. The van der Waals surface area contributed by atoms with Gasteiger partial charge in [0.2, 0.25) is 5.95 Å². The van der Waals surface area contributed by atoms with Crippen molar-refractivity contribution in [2.75, 3.05) is 5.32 Å². The van der Waals surface area contributed by atoms with Gasteiger partial charge in [0, 0.05) is 11.2 Å². The summed E-state index contributed by atoms with van der Waals surface area (Å²) in [5, 5.41) is 6.74. The van der Waals surface area contributed by atoms with Gasteiger partial charge in [-0.25, -0.2) is 9.97 Å². The Balaban J connectivity index is 2.33. The van der Waals surface area contributed by atoms with E-state index in [0.29, 0.717) is 21.4 Å². The molecule has 0 saturated carbocycles. The monoisotopic (exact) mass is 352 g/mol. The second kappa shape index (κ2) is 6.72. The number of rotatable bonds is 3. The van der Waals surface area contributed by atoms with Gasteiger partial charge in [0.25, 0.3) is 5.91 Å². The molecule has 1 amide bonds. The van der Waals surface area contributed by atoms with E-state index in [0.717, 1.165) is 0 Å². The number of para-hydroxylation sites is 1. The van der Waals surface area contributed by atoms with Crippen LogP contribution in [0.4, 0.5) is 11.6 Å². The Bertz CT molecular complexity index is 721. The molecule has 0 aliphatic rings. The van der Waals surface area contributed by atoms with Crippen molar-refractivity contribution in [2.45, 2.75) is 33.2 Å². The smallest absolute Gasteiger partial charge is 0.270 e. The molecule has 2 rings (SSSR count). The summed E-state index contributed by atoms with van der Waals surface area (Å²) < 4.78 is 0. The maximum absolute atomic E-state index is 12.3. The normalized spacial score (nSPS) is 11.2. The van der Waals surface area contributed by atoms with E-state index >= 15 is 0 Å². The minimum atomic E-state index is -0.352. The highest BCUT2D eigenvalue weighted by Gasteiger charge is 2.18. The van der Waals surface area contributed by atoms with Crippen LogP contribution in [0, 0.1) is 6.92 Å². The van der Waals surface area contributed by atoms with E-state index in [2.05, 4.69) is 20.6 Å². The Kier molecular flexibility index (Phi) is 5.12. The largest absolute Gasteiger partial charge is 0.346 e. The molecule has 0 fully saturated rings. The van der Waals surface area contributed by atoms with E-state index in [1.165, 1.54) is 0 Å². The lowest BCUT2D eigenvalue weighted by Gasteiger charge is -2.20. The zero-order valence-corrected chi connectivity index (χ0v) is 14.9. The summed E-state index contributed by atoms with van der Waals surface area (Å²) in [5.74, 6) is -0.00429. The van der Waals surface area contributed by atoms with Crippen LogP contribution in [0.15, 0.2) is 24.3 Å². The van der Waals surface area contributed by atoms with E-state index in [1.807, 2.05) is 20.8 Å². The summed E-state index contributed by atoms with van der Waals surface area (Å²) in [4.78, 5) is 20.8. The lowest BCUT2D eigenvalue weighted by molar-refractivity contribution is 0.0914. The predicted octanol–water partition coefficient (Wildman–Crippen LogP) is 4.36. The Morgan fingerprint density at radius 2 is 1.74 bits per heavy atom. The molecule has 0 aliphatic carbocycles. The number of amides is 1. The highest BCUT2D eigenvalue weighted by Crippen LogP contribution is 2.31. The van der Waals surface area contributed by atoms with E-state index in [9.17, 15) is 4.79 Å². The van der Waals surface area contributed by atoms with Crippen LogP contribution in [0.25, 0.3) is 0 Å². The number of nitrogens with one attached hydrogen (secondary N) is 2. The summed E-state index contributed by atoms with van der Waals surface area (Å²) in [6.45, 7) is 7.50. The summed E-state index contributed by atoms with van der Waals surface area (Å²) in [5.41, 5.74) is 1.08. The number of aryl methyl sites for hydroxylation is 1. The first-order valence-corrected chi connectivity index (χ1v) is 7.80. The highest BCUT2D eigenvalue weighted by molar-refractivity contribution is 6.39. The average molecular weight is 353 g/mol. The second-order valence-corrected chi connectivity index (χ2v) is 6.96. The number of carbonyl (C=O) groups excluding carboxylic acids is 1. The van der Waals surface area contributed by atoms with E-state index < -0.39 is 0 Å². The van der Waals surface area contributed by atoms with Crippen molar-refractivity contribution in [3.63, 3.8) is 0 Å². The van der Waals surface area contributed by atoms with E-state index in [-0.39, 0.29) is 23.1 Å². The molecule has 7 heteroatoms. The van der Waals surface area contributed by atoms with Crippen molar-refractivity contribution < 1.29 is 4.79 Å². The molecular formula is C16H18Cl2N4O. The number of aromatic nitrogens is 2. The Morgan fingerprint density at radius 1 is 1.13 bits per heavy atom. The van der Waals surface area contributed by atoms with Gasteiger partial charge in [0.05, 0.1) is 15.7 Å². The molecule has 2 N–H and O–H groups in total. The molecule has 0 atom stereocenters. The predicted molar refractivity (Wildman–Crippen MR) is 93.7 cm³/mol. The third-order valence-electron chi connectivity index (χ3n) is 2.77. The zero-order valence-electron chi connectivity index (χ0n) is 13.4. The molecule has 1 aromatic heterocycles. The molecule has 1 aromatic carbocycles. The minimum Gasteiger partial charge on any atom is -0.346 e. The summed E-state index contributed by atoms with van der Waals surface area (Å²) in [6.07, 6.45) is 0. The zero-order chi connectivity index (χ0) is 17.2. The van der Waals surface area contributed by atoms with Crippen LogP contribution in [-0.4, -0.2) is 21.4 Å². The molecule has 0 radical (unpaired) electrons. The number of nitrogens with zero attached hydrogens (tertiary/aromatic N) is 2. The van der Waals surface area contributed by atoms with Crippen LogP contribution < -0.4 is 10.6 Å². The number of hydrogen-bond acceptors (Lipinski definition) is 4. The van der Waals surface area contributed by atoms with Gasteiger partial charge < -0.3 is 10.6 Å². The Hall–Kier alpha value is -1.85. The van der Waals surface area contributed by atoms with E-state index in [4.69, 9.17) is 23.2 Å². The molecule has 0 aliphatic heterocycles. The van der Waals surface area contributed by atoms with Gasteiger partial charge >= 0.3 is 0 Å². The third-order valence-corrected chi connectivity index (χ3v) is 3.40. The first kappa shape index (κ1) is 17.5. The minimum absolute atomic E-state index is 0.263. The summed E-state index contributed by atoms with van der Waals surface area (Å²) >= 11 is 12.3. The maximum atomic E-state index is 12.3. The number of halogens is 2. The van der Waals surface area contributed by atoms with Gasteiger partial charge in [-0.15, -0.1) is 0 Å². The molecular weight excluding hydrogens is 335 g/mol.